The molecule has 0 spiro atoms. The Morgan fingerprint density at radius 2 is 2.44 bits per heavy atom. The van der Waals surface area contributed by atoms with Gasteiger partial charge in [-0.1, -0.05) is 0 Å². The number of rotatable bonds is 3. The van der Waals surface area contributed by atoms with Crippen molar-refractivity contribution >= 4 is 5.97 Å². The average Bonchev–Trinajstić information content (AvgIpc) is 2.59. The van der Waals surface area contributed by atoms with E-state index in [0.717, 1.165) is 5.69 Å². The molecule has 6 heteroatoms. The molecule has 0 radical (unpaired) electrons. The maximum atomic E-state index is 10.7. The normalized spacial score (nSPS) is 20.8. The van der Waals surface area contributed by atoms with E-state index in [1.54, 1.807) is 0 Å². The van der Waals surface area contributed by atoms with Gasteiger partial charge >= 0.3 is 5.97 Å². The van der Waals surface area contributed by atoms with Crippen LogP contribution in [0.3, 0.4) is 0 Å². The van der Waals surface area contributed by atoms with Crippen LogP contribution in [0.4, 0.5) is 0 Å². The van der Waals surface area contributed by atoms with Crippen molar-refractivity contribution in [2.24, 2.45) is 0 Å². The topological polar surface area (TPSA) is 78.6 Å². The predicted molar refractivity (Wildman–Crippen MR) is 55.7 cm³/mol. The molecule has 1 atom stereocenters. The molecule has 0 aliphatic carbocycles. The van der Waals surface area contributed by atoms with Gasteiger partial charge in [0.15, 0.2) is 0 Å². The Morgan fingerprint density at radius 3 is 3.06 bits per heavy atom. The van der Waals surface area contributed by atoms with Gasteiger partial charge in [-0.2, -0.15) is 5.10 Å². The number of fused-ring (bicyclic) bond motifs is 1. The number of nitrogens with zero attached hydrogens (tertiary/aromatic N) is 3. The molecule has 0 amide bonds. The van der Waals surface area contributed by atoms with Crippen molar-refractivity contribution in [3.05, 3.63) is 17.5 Å². The molecular formula is C10H15N3O3. The van der Waals surface area contributed by atoms with E-state index in [4.69, 9.17) is 10.2 Å². The number of hydrogen-bond donors (Lipinski definition) is 2. The van der Waals surface area contributed by atoms with Gasteiger partial charge in [0, 0.05) is 12.6 Å². The lowest BCUT2D eigenvalue weighted by molar-refractivity contribution is -0.139. The van der Waals surface area contributed by atoms with Gasteiger partial charge in [-0.3, -0.25) is 14.4 Å². The molecule has 16 heavy (non-hydrogen) atoms. The Balaban J connectivity index is 2.17. The summed E-state index contributed by atoms with van der Waals surface area (Å²) in [6.07, 6.45) is 0. The minimum absolute atomic E-state index is 0.0425. The van der Waals surface area contributed by atoms with Crippen LogP contribution in [0, 0.1) is 0 Å². The smallest absolute Gasteiger partial charge is 0.317 e. The monoisotopic (exact) mass is 225 g/mol. The van der Waals surface area contributed by atoms with Crippen molar-refractivity contribution in [1.29, 1.82) is 0 Å². The van der Waals surface area contributed by atoms with Crippen LogP contribution in [0.25, 0.3) is 0 Å². The summed E-state index contributed by atoms with van der Waals surface area (Å²) in [5.41, 5.74) is 1.60. The highest BCUT2D eigenvalue weighted by molar-refractivity contribution is 5.69. The molecule has 2 N–H and O–H groups in total. The lowest BCUT2D eigenvalue weighted by Gasteiger charge is -2.32. The number of aliphatic hydroxyl groups is 1. The van der Waals surface area contributed by atoms with Gasteiger partial charge in [-0.15, -0.1) is 0 Å². The molecule has 0 aromatic carbocycles. The molecule has 0 saturated heterocycles. The summed E-state index contributed by atoms with van der Waals surface area (Å²) in [4.78, 5) is 12.6. The van der Waals surface area contributed by atoms with E-state index in [2.05, 4.69) is 5.10 Å². The molecule has 0 unspecified atom stereocenters. The van der Waals surface area contributed by atoms with Crippen molar-refractivity contribution in [1.82, 2.24) is 14.7 Å². The Bertz CT molecular complexity index is 402. The molecule has 1 aliphatic heterocycles. The zero-order valence-electron chi connectivity index (χ0n) is 9.13. The molecule has 0 fully saturated rings. The first kappa shape index (κ1) is 11.1. The zero-order valence-corrected chi connectivity index (χ0v) is 9.13. The fourth-order valence-corrected chi connectivity index (χ4v) is 1.99. The molecular weight excluding hydrogens is 210 g/mol. The van der Waals surface area contributed by atoms with Crippen molar-refractivity contribution in [3.8, 4) is 0 Å². The standard InChI is InChI=1S/C10H15N3O3/c1-7-3-13-9(2-8(6-14)11-13)4-12(7)5-10(15)16/h2,7,14H,3-6H2,1H3,(H,15,16)/t7-/m1/s1. The van der Waals surface area contributed by atoms with Crippen LogP contribution in [-0.2, 0) is 24.5 Å². The summed E-state index contributed by atoms with van der Waals surface area (Å²) in [7, 11) is 0. The van der Waals surface area contributed by atoms with Gasteiger partial charge in [-0.25, -0.2) is 0 Å². The van der Waals surface area contributed by atoms with Gasteiger partial charge in [0.1, 0.15) is 0 Å². The fraction of sp³-hybridized carbons (Fsp3) is 0.600. The third-order valence-electron chi connectivity index (χ3n) is 2.84. The highest BCUT2D eigenvalue weighted by atomic mass is 16.4. The first-order chi connectivity index (χ1) is 7.60. The van der Waals surface area contributed by atoms with Gasteiger partial charge in [-0.05, 0) is 13.0 Å². The Labute approximate surface area is 93.1 Å². The third-order valence-corrected chi connectivity index (χ3v) is 2.84. The molecule has 0 bridgehead atoms. The summed E-state index contributed by atoms with van der Waals surface area (Å²) in [5.74, 6) is -0.817. The maximum absolute atomic E-state index is 10.7. The lowest BCUT2D eigenvalue weighted by atomic mass is 10.2. The van der Waals surface area contributed by atoms with E-state index in [0.29, 0.717) is 18.8 Å². The van der Waals surface area contributed by atoms with Gasteiger partial charge in [0.2, 0.25) is 0 Å². The molecule has 88 valence electrons. The van der Waals surface area contributed by atoms with Crippen LogP contribution < -0.4 is 0 Å². The van der Waals surface area contributed by atoms with E-state index >= 15 is 0 Å². The summed E-state index contributed by atoms with van der Waals surface area (Å²) in [5, 5.41) is 22.0. The number of aromatic nitrogens is 2. The molecule has 1 aliphatic rings. The minimum atomic E-state index is -0.817. The zero-order chi connectivity index (χ0) is 11.7. The van der Waals surface area contributed by atoms with Crippen molar-refractivity contribution < 1.29 is 15.0 Å². The minimum Gasteiger partial charge on any atom is -0.480 e. The molecule has 1 aromatic heterocycles. The van der Waals surface area contributed by atoms with Gasteiger partial charge in [0.05, 0.1) is 31.1 Å². The quantitative estimate of drug-likeness (QED) is 0.736. The van der Waals surface area contributed by atoms with E-state index in [9.17, 15) is 4.79 Å². The van der Waals surface area contributed by atoms with E-state index < -0.39 is 5.97 Å². The largest absolute Gasteiger partial charge is 0.480 e. The molecule has 2 heterocycles. The summed E-state index contributed by atoms with van der Waals surface area (Å²) >= 11 is 0. The maximum Gasteiger partial charge on any atom is 0.317 e. The third kappa shape index (κ3) is 2.07. The van der Waals surface area contributed by atoms with E-state index in [1.165, 1.54) is 0 Å². The van der Waals surface area contributed by atoms with Crippen LogP contribution in [0.1, 0.15) is 18.3 Å². The molecule has 0 saturated carbocycles. The Kier molecular flexibility index (Phi) is 2.93. The fourth-order valence-electron chi connectivity index (χ4n) is 1.99. The first-order valence-electron chi connectivity index (χ1n) is 5.22. The number of aliphatic carboxylic acids is 1. The number of carboxylic acids is 1. The Hall–Kier alpha value is -1.40. The van der Waals surface area contributed by atoms with E-state index in [1.807, 2.05) is 22.6 Å². The second-order valence-corrected chi connectivity index (χ2v) is 4.11. The summed E-state index contributed by atoms with van der Waals surface area (Å²) in [6.45, 7) is 3.18. The highest BCUT2D eigenvalue weighted by Crippen LogP contribution is 2.17. The highest BCUT2D eigenvalue weighted by Gasteiger charge is 2.25. The van der Waals surface area contributed by atoms with Crippen molar-refractivity contribution in [2.75, 3.05) is 6.54 Å². The van der Waals surface area contributed by atoms with Crippen LogP contribution in [0.5, 0.6) is 0 Å². The molecule has 1 aromatic rings. The number of hydrogen-bond acceptors (Lipinski definition) is 4. The number of carbonyl (C=O) groups is 1. The lowest BCUT2D eigenvalue weighted by Crippen LogP contribution is -2.43. The van der Waals surface area contributed by atoms with E-state index in [-0.39, 0.29) is 19.2 Å². The average molecular weight is 225 g/mol. The van der Waals surface area contributed by atoms with Gasteiger partial charge in [0.25, 0.3) is 0 Å². The molecule has 2 rings (SSSR count). The predicted octanol–water partition coefficient (Wildman–Crippen LogP) is -0.336. The molecule has 6 nitrogen and oxygen atoms in total. The van der Waals surface area contributed by atoms with Crippen LogP contribution in [0.2, 0.25) is 0 Å². The summed E-state index contributed by atoms with van der Waals surface area (Å²) < 4.78 is 1.84. The van der Waals surface area contributed by atoms with Crippen LogP contribution >= 0.6 is 0 Å². The van der Waals surface area contributed by atoms with Crippen molar-refractivity contribution in [2.45, 2.75) is 32.7 Å². The van der Waals surface area contributed by atoms with Crippen LogP contribution in [-0.4, -0.2) is 43.4 Å². The summed E-state index contributed by atoms with van der Waals surface area (Å²) in [6, 6.07) is 1.97. The Morgan fingerprint density at radius 1 is 1.69 bits per heavy atom. The number of aliphatic hydroxyl groups excluding tert-OH is 1. The van der Waals surface area contributed by atoms with Crippen LogP contribution in [0.15, 0.2) is 6.07 Å². The first-order valence-corrected chi connectivity index (χ1v) is 5.22. The SMILES string of the molecule is C[C@@H]1Cn2nc(CO)cc2CN1CC(=O)O. The van der Waals surface area contributed by atoms with Crippen molar-refractivity contribution in [3.63, 3.8) is 0 Å². The number of carboxylic acid groups (broad SMARTS) is 1. The van der Waals surface area contributed by atoms with Gasteiger partial charge < -0.3 is 10.2 Å². The second kappa shape index (κ2) is 4.23. The second-order valence-electron chi connectivity index (χ2n) is 4.11.